The largest absolute Gasteiger partial charge is 0.300 e. The van der Waals surface area contributed by atoms with Crippen molar-refractivity contribution in [3.05, 3.63) is 0 Å². The fraction of sp³-hybridized carbons (Fsp3) is 0.833. The average molecular weight is 196 g/mol. The van der Waals surface area contributed by atoms with Crippen molar-refractivity contribution >= 4 is 11.6 Å². The maximum absolute atomic E-state index is 11.6. The van der Waals surface area contributed by atoms with Crippen LogP contribution < -0.4 is 0 Å². The molecule has 2 nitrogen and oxygen atoms in total. The van der Waals surface area contributed by atoms with Crippen LogP contribution in [-0.4, -0.2) is 11.6 Å². The Hall–Kier alpha value is -0.660. The van der Waals surface area contributed by atoms with E-state index >= 15 is 0 Å². The molecule has 0 aromatic rings. The topological polar surface area (TPSA) is 34.1 Å². The van der Waals surface area contributed by atoms with Gasteiger partial charge < -0.3 is 0 Å². The van der Waals surface area contributed by atoms with Gasteiger partial charge in [0, 0.05) is 25.2 Å². The van der Waals surface area contributed by atoms with Gasteiger partial charge in [0.15, 0.2) is 0 Å². The Morgan fingerprint density at radius 2 is 2.14 bits per heavy atom. The highest BCUT2D eigenvalue weighted by Gasteiger charge is 2.22. The Kier molecular flexibility index (Phi) is 4.85. The third-order valence-corrected chi connectivity index (χ3v) is 2.93. The monoisotopic (exact) mass is 196 g/mol. The van der Waals surface area contributed by atoms with Gasteiger partial charge >= 0.3 is 0 Å². The number of Topliss-reactive ketones (excluding diaryl/α,β-unsaturated/α-hetero) is 2. The van der Waals surface area contributed by atoms with E-state index in [1.54, 1.807) is 0 Å². The smallest absolute Gasteiger partial charge is 0.136 e. The Bertz CT molecular complexity index is 208. The number of hydrogen-bond donors (Lipinski definition) is 0. The SMILES string of the molecule is CCCC(=O)CC1CCCCCC1=O. The molecule has 2 heteroatoms. The van der Waals surface area contributed by atoms with Crippen molar-refractivity contribution in [2.75, 3.05) is 0 Å². The van der Waals surface area contributed by atoms with E-state index in [2.05, 4.69) is 0 Å². The maximum atomic E-state index is 11.6. The molecule has 1 saturated carbocycles. The lowest BCUT2D eigenvalue weighted by atomic mass is 9.92. The van der Waals surface area contributed by atoms with E-state index in [0.717, 1.165) is 32.1 Å². The molecule has 0 heterocycles. The summed E-state index contributed by atoms with van der Waals surface area (Å²) < 4.78 is 0. The summed E-state index contributed by atoms with van der Waals surface area (Å²) in [7, 11) is 0. The lowest BCUT2D eigenvalue weighted by molar-refractivity contribution is -0.128. The molecule has 0 aromatic heterocycles. The number of rotatable bonds is 4. The first-order valence-corrected chi connectivity index (χ1v) is 5.78. The van der Waals surface area contributed by atoms with E-state index in [-0.39, 0.29) is 11.7 Å². The zero-order valence-corrected chi connectivity index (χ0v) is 9.05. The number of carbonyl (C=O) groups is 2. The summed E-state index contributed by atoms with van der Waals surface area (Å²) in [5, 5.41) is 0. The fourth-order valence-corrected chi connectivity index (χ4v) is 2.10. The second kappa shape index (κ2) is 5.94. The molecule has 1 aliphatic carbocycles. The molecule has 80 valence electrons. The van der Waals surface area contributed by atoms with Gasteiger partial charge in [0.1, 0.15) is 11.6 Å². The molecule has 0 spiro atoms. The molecule has 1 unspecified atom stereocenters. The molecule has 0 bridgehead atoms. The molecular weight excluding hydrogens is 176 g/mol. The third kappa shape index (κ3) is 3.60. The minimum atomic E-state index is 0.0524. The van der Waals surface area contributed by atoms with Crippen LogP contribution in [0.5, 0.6) is 0 Å². The summed E-state index contributed by atoms with van der Waals surface area (Å²) in [4.78, 5) is 23.0. The van der Waals surface area contributed by atoms with Crippen molar-refractivity contribution in [1.29, 1.82) is 0 Å². The minimum absolute atomic E-state index is 0.0524. The van der Waals surface area contributed by atoms with Crippen molar-refractivity contribution < 1.29 is 9.59 Å². The van der Waals surface area contributed by atoms with Gasteiger partial charge in [0.2, 0.25) is 0 Å². The Balaban J connectivity index is 2.40. The molecule has 1 atom stereocenters. The van der Waals surface area contributed by atoms with Crippen molar-refractivity contribution in [1.82, 2.24) is 0 Å². The summed E-state index contributed by atoms with van der Waals surface area (Å²) in [6, 6.07) is 0. The highest BCUT2D eigenvalue weighted by Crippen LogP contribution is 2.23. The first-order valence-electron chi connectivity index (χ1n) is 5.78. The molecule has 1 fully saturated rings. The van der Waals surface area contributed by atoms with Gasteiger partial charge in [-0.3, -0.25) is 9.59 Å². The molecule has 0 aromatic carbocycles. The summed E-state index contributed by atoms with van der Waals surface area (Å²) >= 11 is 0. The maximum Gasteiger partial charge on any atom is 0.136 e. The first kappa shape index (κ1) is 11.4. The Morgan fingerprint density at radius 3 is 2.86 bits per heavy atom. The number of ketones is 2. The lowest BCUT2D eigenvalue weighted by Gasteiger charge is -2.10. The van der Waals surface area contributed by atoms with Crippen molar-refractivity contribution in [3.8, 4) is 0 Å². The minimum Gasteiger partial charge on any atom is -0.300 e. The van der Waals surface area contributed by atoms with Gasteiger partial charge in [-0.2, -0.15) is 0 Å². The fourth-order valence-electron chi connectivity index (χ4n) is 2.10. The summed E-state index contributed by atoms with van der Waals surface area (Å²) in [6.45, 7) is 2.01. The zero-order chi connectivity index (χ0) is 10.4. The van der Waals surface area contributed by atoms with Crippen LogP contribution in [0.25, 0.3) is 0 Å². The van der Waals surface area contributed by atoms with Crippen LogP contribution in [0.1, 0.15) is 58.3 Å². The second-order valence-corrected chi connectivity index (χ2v) is 4.26. The molecule has 1 rings (SSSR count). The van der Waals surface area contributed by atoms with Gasteiger partial charge in [-0.05, 0) is 19.3 Å². The van der Waals surface area contributed by atoms with E-state index in [1.165, 1.54) is 0 Å². The highest BCUT2D eigenvalue weighted by molar-refractivity contribution is 5.88. The lowest BCUT2D eigenvalue weighted by Crippen LogP contribution is -2.16. The predicted molar refractivity (Wildman–Crippen MR) is 56.1 cm³/mol. The quantitative estimate of drug-likeness (QED) is 0.648. The standard InChI is InChI=1S/C12H20O2/c1-2-6-11(13)9-10-7-4-3-5-8-12(10)14/h10H,2-9H2,1H3. The van der Waals surface area contributed by atoms with Crippen molar-refractivity contribution in [2.24, 2.45) is 5.92 Å². The van der Waals surface area contributed by atoms with Crippen LogP contribution in [0.4, 0.5) is 0 Å². The van der Waals surface area contributed by atoms with Gasteiger partial charge in [-0.15, -0.1) is 0 Å². The van der Waals surface area contributed by atoms with E-state index in [1.807, 2.05) is 6.92 Å². The predicted octanol–water partition coefficient (Wildman–Crippen LogP) is 2.90. The summed E-state index contributed by atoms with van der Waals surface area (Å²) in [5.41, 5.74) is 0. The van der Waals surface area contributed by atoms with Crippen LogP contribution in [0.3, 0.4) is 0 Å². The first-order chi connectivity index (χ1) is 6.74. The van der Waals surface area contributed by atoms with E-state index in [0.29, 0.717) is 25.0 Å². The Morgan fingerprint density at radius 1 is 1.36 bits per heavy atom. The van der Waals surface area contributed by atoms with E-state index in [9.17, 15) is 9.59 Å². The third-order valence-electron chi connectivity index (χ3n) is 2.93. The molecule has 14 heavy (non-hydrogen) atoms. The molecule has 0 saturated heterocycles. The second-order valence-electron chi connectivity index (χ2n) is 4.26. The molecule has 1 aliphatic rings. The van der Waals surface area contributed by atoms with E-state index in [4.69, 9.17) is 0 Å². The van der Waals surface area contributed by atoms with Gasteiger partial charge in [0.25, 0.3) is 0 Å². The molecule has 0 amide bonds. The number of carbonyl (C=O) groups excluding carboxylic acids is 2. The van der Waals surface area contributed by atoms with Crippen LogP contribution in [0, 0.1) is 5.92 Å². The van der Waals surface area contributed by atoms with Crippen LogP contribution in [0.2, 0.25) is 0 Å². The van der Waals surface area contributed by atoms with Crippen molar-refractivity contribution in [3.63, 3.8) is 0 Å². The van der Waals surface area contributed by atoms with Crippen LogP contribution in [-0.2, 0) is 9.59 Å². The van der Waals surface area contributed by atoms with Gasteiger partial charge in [0.05, 0.1) is 0 Å². The highest BCUT2D eigenvalue weighted by atomic mass is 16.1. The molecular formula is C12H20O2. The molecule has 0 aliphatic heterocycles. The van der Waals surface area contributed by atoms with Crippen molar-refractivity contribution in [2.45, 2.75) is 58.3 Å². The molecule has 0 N–H and O–H groups in total. The Labute approximate surface area is 86.1 Å². The van der Waals surface area contributed by atoms with Crippen LogP contribution in [0.15, 0.2) is 0 Å². The molecule has 0 radical (unpaired) electrons. The summed E-state index contributed by atoms with van der Waals surface area (Å²) in [6.07, 6.45) is 6.99. The number of hydrogen-bond acceptors (Lipinski definition) is 2. The van der Waals surface area contributed by atoms with Gasteiger partial charge in [-0.1, -0.05) is 19.8 Å². The van der Waals surface area contributed by atoms with Crippen LogP contribution >= 0.6 is 0 Å². The average Bonchev–Trinajstić information content (AvgIpc) is 2.33. The normalized spacial score (nSPS) is 23.2. The van der Waals surface area contributed by atoms with E-state index < -0.39 is 0 Å². The van der Waals surface area contributed by atoms with Gasteiger partial charge in [-0.25, -0.2) is 0 Å². The summed E-state index contributed by atoms with van der Waals surface area (Å²) in [5.74, 6) is 0.649. The zero-order valence-electron chi connectivity index (χ0n) is 9.05.